The smallest absolute Gasteiger partial charge is 0.254 e. The van der Waals surface area contributed by atoms with Crippen LogP contribution in [0.3, 0.4) is 0 Å². The van der Waals surface area contributed by atoms with Crippen LogP contribution in [0.25, 0.3) is 5.69 Å². The predicted molar refractivity (Wildman–Crippen MR) is 95.7 cm³/mol. The molecule has 1 aromatic heterocycles. The average Bonchev–Trinajstić information content (AvgIpc) is 2.91. The van der Waals surface area contributed by atoms with E-state index in [2.05, 4.69) is 50.5 Å². The van der Waals surface area contributed by atoms with E-state index in [1.165, 1.54) is 5.56 Å². The van der Waals surface area contributed by atoms with Crippen LogP contribution in [0.4, 0.5) is 0 Å². The second-order valence-corrected chi connectivity index (χ2v) is 7.66. The number of carbonyl (C=O) groups excluding carboxylic acids is 1. The maximum Gasteiger partial charge on any atom is 0.254 e. The molecule has 1 amide bonds. The highest BCUT2D eigenvalue weighted by molar-refractivity contribution is 5.95. The molecule has 0 bridgehead atoms. The fraction of sp³-hybridized carbons (Fsp3) is 0.474. The Labute approximate surface area is 143 Å². The number of nitrogens with one attached hydrogen (secondary N) is 2. The van der Waals surface area contributed by atoms with Crippen LogP contribution >= 0.6 is 0 Å². The fourth-order valence-electron chi connectivity index (χ4n) is 2.75. The largest absolute Gasteiger partial charge is 0.352 e. The first-order valence-electron chi connectivity index (χ1n) is 8.50. The first-order valence-corrected chi connectivity index (χ1v) is 8.50. The van der Waals surface area contributed by atoms with E-state index in [4.69, 9.17) is 5.10 Å². The Morgan fingerprint density at radius 2 is 1.96 bits per heavy atom. The molecule has 2 aromatic rings. The lowest BCUT2D eigenvalue weighted by molar-refractivity contribution is 0.0940. The average molecular weight is 326 g/mol. The minimum absolute atomic E-state index is 0.0369. The normalized spacial score (nSPS) is 15.2. The quantitative estimate of drug-likeness (QED) is 0.907. The Morgan fingerprint density at radius 3 is 2.50 bits per heavy atom. The van der Waals surface area contributed by atoms with Gasteiger partial charge in [0.25, 0.3) is 5.91 Å². The van der Waals surface area contributed by atoms with Gasteiger partial charge in [0, 0.05) is 37.2 Å². The summed E-state index contributed by atoms with van der Waals surface area (Å²) >= 11 is 0. The fourth-order valence-corrected chi connectivity index (χ4v) is 2.75. The van der Waals surface area contributed by atoms with Gasteiger partial charge < -0.3 is 10.6 Å². The molecule has 2 N–H and O–H groups in total. The molecule has 1 aliphatic heterocycles. The molecular weight excluding hydrogens is 300 g/mol. The van der Waals surface area contributed by atoms with Gasteiger partial charge in [-0.05, 0) is 19.1 Å². The van der Waals surface area contributed by atoms with Crippen molar-refractivity contribution in [2.24, 2.45) is 5.92 Å². The third-order valence-corrected chi connectivity index (χ3v) is 4.39. The van der Waals surface area contributed by atoms with E-state index in [-0.39, 0.29) is 11.3 Å². The zero-order valence-electron chi connectivity index (χ0n) is 14.9. The van der Waals surface area contributed by atoms with Crippen molar-refractivity contribution in [1.82, 2.24) is 20.4 Å². The van der Waals surface area contributed by atoms with Gasteiger partial charge in [-0.25, -0.2) is 4.68 Å². The monoisotopic (exact) mass is 326 g/mol. The SMILES string of the molecule is Cc1ccc(-n2cc(C(=O)NCC3CNC3)c(C(C)(C)C)n2)cc1. The highest BCUT2D eigenvalue weighted by atomic mass is 16.1. The second kappa shape index (κ2) is 6.40. The molecule has 1 aromatic carbocycles. The highest BCUT2D eigenvalue weighted by Crippen LogP contribution is 2.25. The number of rotatable bonds is 4. The summed E-state index contributed by atoms with van der Waals surface area (Å²) in [5.41, 5.74) is 3.46. The lowest BCUT2D eigenvalue weighted by atomic mass is 9.89. The molecule has 0 aliphatic carbocycles. The number of aromatic nitrogens is 2. The molecule has 24 heavy (non-hydrogen) atoms. The summed E-state index contributed by atoms with van der Waals surface area (Å²) < 4.78 is 1.81. The van der Waals surface area contributed by atoms with E-state index < -0.39 is 0 Å². The summed E-state index contributed by atoms with van der Waals surface area (Å²) in [6.07, 6.45) is 1.85. The van der Waals surface area contributed by atoms with Crippen molar-refractivity contribution in [1.29, 1.82) is 0 Å². The molecule has 1 aliphatic rings. The molecule has 0 radical (unpaired) electrons. The Balaban J connectivity index is 1.88. The van der Waals surface area contributed by atoms with Gasteiger partial charge in [-0.2, -0.15) is 5.10 Å². The topological polar surface area (TPSA) is 59.0 Å². The minimum atomic E-state index is -0.194. The lowest BCUT2D eigenvalue weighted by Crippen LogP contribution is -2.48. The van der Waals surface area contributed by atoms with Crippen LogP contribution in [0, 0.1) is 12.8 Å². The number of aryl methyl sites for hydroxylation is 1. The van der Waals surface area contributed by atoms with E-state index in [0.29, 0.717) is 18.0 Å². The summed E-state index contributed by atoms with van der Waals surface area (Å²) in [4.78, 5) is 12.7. The lowest BCUT2D eigenvalue weighted by Gasteiger charge is -2.27. The van der Waals surface area contributed by atoms with Crippen LogP contribution in [-0.4, -0.2) is 35.3 Å². The van der Waals surface area contributed by atoms with Crippen LogP contribution in [0.2, 0.25) is 0 Å². The molecular formula is C19H26N4O. The van der Waals surface area contributed by atoms with Crippen molar-refractivity contribution >= 4 is 5.91 Å². The van der Waals surface area contributed by atoms with Crippen molar-refractivity contribution in [2.75, 3.05) is 19.6 Å². The minimum Gasteiger partial charge on any atom is -0.352 e. The summed E-state index contributed by atoms with van der Waals surface area (Å²) in [6.45, 7) is 11.0. The van der Waals surface area contributed by atoms with Gasteiger partial charge in [0.1, 0.15) is 0 Å². The van der Waals surface area contributed by atoms with E-state index in [1.54, 1.807) is 4.68 Å². The van der Waals surface area contributed by atoms with Gasteiger partial charge in [-0.15, -0.1) is 0 Å². The Hall–Kier alpha value is -2.14. The first-order chi connectivity index (χ1) is 11.3. The summed E-state index contributed by atoms with van der Waals surface area (Å²) in [6, 6.07) is 8.15. The van der Waals surface area contributed by atoms with Gasteiger partial charge in [0.15, 0.2) is 0 Å². The molecule has 0 unspecified atom stereocenters. The zero-order valence-corrected chi connectivity index (χ0v) is 14.9. The Kier molecular flexibility index (Phi) is 4.45. The van der Waals surface area contributed by atoms with Crippen molar-refractivity contribution in [3.8, 4) is 5.69 Å². The van der Waals surface area contributed by atoms with Gasteiger partial charge in [0.05, 0.1) is 16.9 Å². The number of hydrogen-bond donors (Lipinski definition) is 2. The molecule has 0 saturated carbocycles. The van der Waals surface area contributed by atoms with Gasteiger partial charge >= 0.3 is 0 Å². The van der Waals surface area contributed by atoms with E-state index in [9.17, 15) is 4.79 Å². The van der Waals surface area contributed by atoms with E-state index >= 15 is 0 Å². The molecule has 128 valence electrons. The number of amides is 1. The van der Waals surface area contributed by atoms with Crippen LogP contribution in [0.1, 0.15) is 42.4 Å². The summed E-state index contributed by atoms with van der Waals surface area (Å²) in [5.74, 6) is 0.504. The molecule has 0 atom stereocenters. The van der Waals surface area contributed by atoms with E-state index in [0.717, 1.165) is 24.5 Å². The maximum atomic E-state index is 12.7. The molecule has 2 heterocycles. The standard InChI is InChI=1S/C19H26N4O/c1-13-5-7-15(8-6-13)23-12-16(17(22-23)19(2,3)4)18(24)21-11-14-9-20-10-14/h5-8,12,14,20H,9-11H2,1-4H3,(H,21,24). The molecule has 1 saturated heterocycles. The van der Waals surface area contributed by atoms with Gasteiger partial charge in [-0.3, -0.25) is 4.79 Å². The molecule has 1 fully saturated rings. The van der Waals surface area contributed by atoms with Gasteiger partial charge in [-0.1, -0.05) is 38.5 Å². The highest BCUT2D eigenvalue weighted by Gasteiger charge is 2.27. The summed E-state index contributed by atoms with van der Waals surface area (Å²) in [7, 11) is 0. The second-order valence-electron chi connectivity index (χ2n) is 7.66. The van der Waals surface area contributed by atoms with Crippen LogP contribution < -0.4 is 10.6 Å². The number of carbonyl (C=O) groups is 1. The molecule has 5 heteroatoms. The number of hydrogen-bond acceptors (Lipinski definition) is 3. The van der Waals surface area contributed by atoms with Crippen LogP contribution in [-0.2, 0) is 5.41 Å². The van der Waals surface area contributed by atoms with Crippen molar-refractivity contribution in [3.05, 3.63) is 47.3 Å². The molecule has 0 spiro atoms. The number of nitrogens with zero attached hydrogens (tertiary/aromatic N) is 2. The molecule has 3 rings (SSSR count). The van der Waals surface area contributed by atoms with E-state index in [1.807, 2.05) is 18.3 Å². The van der Waals surface area contributed by atoms with Crippen LogP contribution in [0.15, 0.2) is 30.5 Å². The Morgan fingerprint density at radius 1 is 1.29 bits per heavy atom. The van der Waals surface area contributed by atoms with Crippen molar-refractivity contribution in [2.45, 2.75) is 33.1 Å². The zero-order chi connectivity index (χ0) is 17.3. The van der Waals surface area contributed by atoms with Gasteiger partial charge in [0.2, 0.25) is 0 Å². The summed E-state index contributed by atoms with van der Waals surface area (Å²) in [5, 5.41) is 11.0. The van der Waals surface area contributed by atoms with Crippen LogP contribution in [0.5, 0.6) is 0 Å². The van der Waals surface area contributed by atoms with Crippen molar-refractivity contribution in [3.63, 3.8) is 0 Å². The maximum absolute atomic E-state index is 12.7. The molecule has 5 nitrogen and oxygen atoms in total. The predicted octanol–water partition coefficient (Wildman–Crippen LogP) is 2.43. The number of benzene rings is 1. The third-order valence-electron chi connectivity index (χ3n) is 4.39. The first kappa shape index (κ1) is 16.7. The van der Waals surface area contributed by atoms with Crippen molar-refractivity contribution < 1.29 is 4.79 Å². The third kappa shape index (κ3) is 3.51. The Bertz CT molecular complexity index is 721.